The summed E-state index contributed by atoms with van der Waals surface area (Å²) in [6, 6.07) is 10.3. The maximum absolute atomic E-state index is 10.9. The van der Waals surface area contributed by atoms with Crippen LogP contribution >= 0.6 is 0 Å². The number of hydrogen-bond acceptors (Lipinski definition) is 1. The molecule has 3 rings (SSSR count). The molecule has 1 atom stereocenters. The summed E-state index contributed by atoms with van der Waals surface area (Å²) in [5.74, 6) is -0.889. The molecule has 2 aromatic rings. The van der Waals surface area contributed by atoms with Crippen LogP contribution in [0.15, 0.2) is 36.4 Å². The number of carboxylic acid groups (broad SMARTS) is 1. The lowest BCUT2D eigenvalue weighted by molar-refractivity contribution is -0.141. The number of aliphatic carboxylic acids is 1. The van der Waals surface area contributed by atoms with E-state index in [4.69, 9.17) is 5.11 Å². The Labute approximate surface area is 105 Å². The van der Waals surface area contributed by atoms with Gasteiger partial charge in [-0.1, -0.05) is 24.3 Å². The van der Waals surface area contributed by atoms with Crippen LogP contribution in [0.3, 0.4) is 0 Å². The van der Waals surface area contributed by atoms with E-state index in [0.717, 1.165) is 24.1 Å². The predicted molar refractivity (Wildman–Crippen MR) is 71.3 cm³/mol. The van der Waals surface area contributed by atoms with E-state index in [2.05, 4.69) is 29.3 Å². The van der Waals surface area contributed by atoms with E-state index in [9.17, 15) is 4.79 Å². The van der Waals surface area contributed by atoms with E-state index in [1.165, 1.54) is 11.0 Å². The molecule has 0 amide bonds. The molecule has 1 aliphatic rings. The number of aromatic amines is 1. The number of benzene rings is 1. The van der Waals surface area contributed by atoms with Gasteiger partial charge in [-0.2, -0.15) is 0 Å². The Morgan fingerprint density at radius 2 is 2.17 bits per heavy atom. The average Bonchev–Trinajstić information content (AvgIpc) is 2.82. The summed E-state index contributed by atoms with van der Waals surface area (Å²) in [7, 11) is 0. The van der Waals surface area contributed by atoms with Crippen molar-refractivity contribution in [2.24, 2.45) is 5.92 Å². The molecule has 1 unspecified atom stereocenters. The minimum atomic E-state index is -0.679. The number of nitrogens with one attached hydrogen (secondary N) is 1. The van der Waals surface area contributed by atoms with Crippen molar-refractivity contribution in [1.29, 1.82) is 0 Å². The van der Waals surface area contributed by atoms with Gasteiger partial charge in [0.2, 0.25) is 0 Å². The molecule has 0 bridgehead atoms. The van der Waals surface area contributed by atoms with Crippen LogP contribution in [-0.4, -0.2) is 16.1 Å². The number of para-hydroxylation sites is 1. The number of carbonyl (C=O) groups is 1. The lowest BCUT2D eigenvalue weighted by Crippen LogP contribution is -2.15. The minimum Gasteiger partial charge on any atom is -0.481 e. The van der Waals surface area contributed by atoms with Crippen molar-refractivity contribution in [3.8, 4) is 0 Å². The van der Waals surface area contributed by atoms with Crippen molar-refractivity contribution in [1.82, 2.24) is 4.98 Å². The zero-order chi connectivity index (χ0) is 12.5. The van der Waals surface area contributed by atoms with Crippen LogP contribution in [0.4, 0.5) is 0 Å². The van der Waals surface area contributed by atoms with Crippen molar-refractivity contribution >= 4 is 22.4 Å². The summed E-state index contributed by atoms with van der Waals surface area (Å²) < 4.78 is 0. The van der Waals surface area contributed by atoms with Crippen molar-refractivity contribution in [3.63, 3.8) is 0 Å². The molecule has 0 fully saturated rings. The van der Waals surface area contributed by atoms with E-state index < -0.39 is 5.97 Å². The molecule has 0 spiro atoms. The highest BCUT2D eigenvalue weighted by Gasteiger charge is 2.21. The van der Waals surface area contributed by atoms with Gasteiger partial charge in [-0.3, -0.25) is 4.79 Å². The third-order valence-electron chi connectivity index (χ3n) is 3.64. The van der Waals surface area contributed by atoms with Crippen LogP contribution in [-0.2, 0) is 4.79 Å². The first-order valence-corrected chi connectivity index (χ1v) is 6.24. The minimum absolute atomic E-state index is 0.210. The molecule has 92 valence electrons. The highest BCUT2D eigenvalue weighted by atomic mass is 16.4. The van der Waals surface area contributed by atoms with E-state index in [-0.39, 0.29) is 5.92 Å². The molecule has 0 saturated carbocycles. The lowest BCUT2D eigenvalue weighted by Gasteiger charge is -2.17. The summed E-state index contributed by atoms with van der Waals surface area (Å²) in [5.41, 5.74) is 3.50. The van der Waals surface area contributed by atoms with Crippen LogP contribution < -0.4 is 0 Å². The lowest BCUT2D eigenvalue weighted by atomic mass is 9.88. The van der Waals surface area contributed by atoms with Crippen LogP contribution in [0.1, 0.15) is 25.0 Å². The smallest absolute Gasteiger partial charge is 0.306 e. The molecule has 0 radical (unpaired) electrons. The standard InChI is InChI=1S/C15H15NO2/c17-15(18)11-7-5-10(6-8-11)14-9-12-3-1-2-4-13(12)16-14/h1-5,9,11,16H,6-8H2,(H,17,18). The van der Waals surface area contributed by atoms with Crippen LogP contribution in [0, 0.1) is 5.92 Å². The van der Waals surface area contributed by atoms with E-state index in [1.807, 2.05) is 12.1 Å². The van der Waals surface area contributed by atoms with Crippen LogP contribution in [0.2, 0.25) is 0 Å². The van der Waals surface area contributed by atoms with E-state index >= 15 is 0 Å². The second kappa shape index (κ2) is 4.33. The summed E-state index contributed by atoms with van der Waals surface area (Å²) in [4.78, 5) is 14.3. The highest BCUT2D eigenvalue weighted by molar-refractivity contribution is 5.85. The molecule has 0 saturated heterocycles. The highest BCUT2D eigenvalue weighted by Crippen LogP contribution is 2.31. The SMILES string of the molecule is O=C(O)C1CC=C(c2cc3ccccc3[nH]2)CC1. The number of carboxylic acids is 1. The van der Waals surface area contributed by atoms with Gasteiger partial charge in [-0.05, 0) is 42.4 Å². The molecule has 1 aromatic heterocycles. The molecular formula is C15H15NO2. The van der Waals surface area contributed by atoms with Gasteiger partial charge >= 0.3 is 5.97 Å². The molecule has 3 heteroatoms. The summed E-state index contributed by atoms with van der Waals surface area (Å²) in [6.45, 7) is 0. The molecule has 18 heavy (non-hydrogen) atoms. The van der Waals surface area contributed by atoms with Crippen molar-refractivity contribution in [2.75, 3.05) is 0 Å². The Morgan fingerprint density at radius 1 is 1.33 bits per heavy atom. The Bertz CT molecular complexity index is 591. The van der Waals surface area contributed by atoms with Gasteiger partial charge in [0, 0.05) is 11.2 Å². The third kappa shape index (κ3) is 1.92. The normalized spacial score (nSPS) is 19.8. The fraction of sp³-hybridized carbons (Fsp3) is 0.267. The predicted octanol–water partition coefficient (Wildman–Crippen LogP) is 3.44. The van der Waals surface area contributed by atoms with Gasteiger partial charge in [0.05, 0.1) is 5.92 Å². The zero-order valence-corrected chi connectivity index (χ0v) is 10.0. The van der Waals surface area contributed by atoms with Crippen molar-refractivity contribution in [2.45, 2.75) is 19.3 Å². The van der Waals surface area contributed by atoms with Crippen LogP contribution in [0.25, 0.3) is 16.5 Å². The first-order valence-electron chi connectivity index (χ1n) is 6.24. The monoisotopic (exact) mass is 241 g/mol. The summed E-state index contributed by atoms with van der Waals surface area (Å²) >= 11 is 0. The largest absolute Gasteiger partial charge is 0.481 e. The van der Waals surface area contributed by atoms with Gasteiger partial charge in [0.25, 0.3) is 0 Å². The third-order valence-corrected chi connectivity index (χ3v) is 3.64. The van der Waals surface area contributed by atoms with Gasteiger partial charge in [0.15, 0.2) is 0 Å². The quantitative estimate of drug-likeness (QED) is 0.846. The Hall–Kier alpha value is -2.03. The fourth-order valence-corrected chi connectivity index (χ4v) is 2.55. The topological polar surface area (TPSA) is 53.1 Å². The van der Waals surface area contributed by atoms with E-state index in [1.54, 1.807) is 0 Å². The molecule has 1 heterocycles. The Kier molecular flexibility index (Phi) is 2.67. The molecule has 1 aliphatic carbocycles. The number of aromatic nitrogens is 1. The number of H-pyrrole nitrogens is 1. The van der Waals surface area contributed by atoms with Gasteiger partial charge in [-0.15, -0.1) is 0 Å². The van der Waals surface area contributed by atoms with Gasteiger partial charge < -0.3 is 10.1 Å². The summed E-state index contributed by atoms with van der Waals surface area (Å²) in [5, 5.41) is 10.2. The molecule has 2 N–H and O–H groups in total. The Morgan fingerprint density at radius 3 is 2.83 bits per heavy atom. The molecular weight excluding hydrogens is 226 g/mol. The van der Waals surface area contributed by atoms with Crippen LogP contribution in [0.5, 0.6) is 0 Å². The van der Waals surface area contributed by atoms with Gasteiger partial charge in [0.1, 0.15) is 0 Å². The second-order valence-electron chi connectivity index (χ2n) is 4.81. The Balaban J connectivity index is 1.89. The first-order chi connectivity index (χ1) is 8.74. The van der Waals surface area contributed by atoms with Crippen molar-refractivity contribution < 1.29 is 9.90 Å². The average molecular weight is 241 g/mol. The summed E-state index contributed by atoms with van der Waals surface area (Å²) in [6.07, 6.45) is 4.27. The maximum Gasteiger partial charge on any atom is 0.306 e. The number of hydrogen-bond donors (Lipinski definition) is 2. The molecule has 3 nitrogen and oxygen atoms in total. The first kappa shape index (κ1) is 11.1. The van der Waals surface area contributed by atoms with Crippen molar-refractivity contribution in [3.05, 3.63) is 42.1 Å². The molecule has 0 aliphatic heterocycles. The fourth-order valence-electron chi connectivity index (χ4n) is 2.55. The molecule has 1 aromatic carbocycles. The zero-order valence-electron chi connectivity index (χ0n) is 10.0. The number of rotatable bonds is 2. The second-order valence-corrected chi connectivity index (χ2v) is 4.81. The van der Waals surface area contributed by atoms with Gasteiger partial charge in [-0.25, -0.2) is 0 Å². The maximum atomic E-state index is 10.9. The number of allylic oxidation sites excluding steroid dienone is 2. The number of fused-ring (bicyclic) bond motifs is 1. The van der Waals surface area contributed by atoms with E-state index in [0.29, 0.717) is 6.42 Å².